The van der Waals surface area contributed by atoms with E-state index < -0.39 is 8.07 Å². The lowest BCUT2D eigenvalue weighted by Crippen LogP contribution is -2.25. The van der Waals surface area contributed by atoms with Crippen molar-refractivity contribution < 1.29 is 9.15 Å². The van der Waals surface area contributed by atoms with E-state index in [1.54, 1.807) is 7.11 Å². The van der Waals surface area contributed by atoms with Crippen molar-refractivity contribution in [2.24, 2.45) is 0 Å². The van der Waals surface area contributed by atoms with Gasteiger partial charge in [0.25, 0.3) is 0 Å². The third-order valence-corrected chi connectivity index (χ3v) is 6.19. The number of hydrogen-bond donors (Lipinski definition) is 0. The van der Waals surface area contributed by atoms with Gasteiger partial charge in [0.1, 0.15) is 5.76 Å². The van der Waals surface area contributed by atoms with Gasteiger partial charge >= 0.3 is 0 Å². The van der Waals surface area contributed by atoms with E-state index >= 15 is 0 Å². The second-order valence-electron chi connectivity index (χ2n) is 6.86. The van der Waals surface area contributed by atoms with Gasteiger partial charge in [-0.25, -0.2) is 0 Å². The van der Waals surface area contributed by atoms with Crippen molar-refractivity contribution >= 4 is 13.3 Å². The van der Waals surface area contributed by atoms with Crippen LogP contribution >= 0.6 is 0 Å². The molecule has 0 radical (unpaired) electrons. The number of aryl methyl sites for hydroxylation is 1. The van der Waals surface area contributed by atoms with E-state index in [0.717, 1.165) is 37.2 Å². The van der Waals surface area contributed by atoms with Crippen molar-refractivity contribution in [2.45, 2.75) is 58.2 Å². The molecule has 0 spiro atoms. The maximum atomic E-state index is 6.04. The van der Waals surface area contributed by atoms with E-state index in [1.807, 2.05) is 12.3 Å². The number of allylic oxidation sites excluding steroid dienone is 2. The summed E-state index contributed by atoms with van der Waals surface area (Å²) in [5.74, 6) is 2.21. The zero-order chi connectivity index (χ0) is 15.5. The highest BCUT2D eigenvalue weighted by Crippen LogP contribution is 2.38. The predicted octanol–water partition coefficient (Wildman–Crippen LogP) is 5.36. The molecule has 0 amide bonds. The van der Waals surface area contributed by atoms with E-state index in [9.17, 15) is 0 Å². The molecule has 3 heteroatoms. The third-order valence-electron chi connectivity index (χ3n) is 4.18. The predicted molar refractivity (Wildman–Crippen MR) is 92.1 cm³/mol. The molecule has 0 saturated heterocycles. The van der Waals surface area contributed by atoms with Crippen molar-refractivity contribution in [3.63, 3.8) is 0 Å². The van der Waals surface area contributed by atoms with Gasteiger partial charge in [-0.15, -0.1) is 6.58 Å². The van der Waals surface area contributed by atoms with Crippen LogP contribution in [0.5, 0.6) is 0 Å². The fraction of sp³-hybridized carbons (Fsp3) is 0.556. The van der Waals surface area contributed by atoms with Crippen molar-refractivity contribution in [3.05, 3.63) is 41.6 Å². The first-order valence-electron chi connectivity index (χ1n) is 7.97. The van der Waals surface area contributed by atoms with Crippen LogP contribution < -0.4 is 0 Å². The summed E-state index contributed by atoms with van der Waals surface area (Å²) in [7, 11) is 0.228. The number of hydrogen-bond acceptors (Lipinski definition) is 2. The molecule has 1 aromatic rings. The van der Waals surface area contributed by atoms with Crippen LogP contribution in [0.2, 0.25) is 19.6 Å². The summed E-state index contributed by atoms with van der Waals surface area (Å²) in [5, 5.41) is 1.36. The van der Waals surface area contributed by atoms with E-state index in [-0.39, 0.29) is 0 Å². The van der Waals surface area contributed by atoms with Crippen molar-refractivity contribution in [1.82, 2.24) is 0 Å². The molecule has 1 aliphatic carbocycles. The Morgan fingerprint density at radius 3 is 2.67 bits per heavy atom. The minimum atomic E-state index is -1.56. The zero-order valence-corrected chi connectivity index (χ0v) is 14.9. The quantitative estimate of drug-likeness (QED) is 0.401. The Hall–Kier alpha value is -1.22. The Kier molecular flexibility index (Phi) is 5.15. The van der Waals surface area contributed by atoms with Crippen LogP contribution in [-0.4, -0.2) is 15.2 Å². The lowest BCUT2D eigenvalue weighted by molar-refractivity contribution is 0.280. The Bertz CT molecular complexity index is 532. The summed E-state index contributed by atoms with van der Waals surface area (Å²) in [6.07, 6.45) is 10.7. The average molecular weight is 305 g/mol. The molecular formula is C18H28O2Si. The topological polar surface area (TPSA) is 22.4 Å². The van der Waals surface area contributed by atoms with Crippen LogP contribution in [-0.2, 0) is 17.6 Å². The first kappa shape index (κ1) is 16.2. The fourth-order valence-electron chi connectivity index (χ4n) is 3.18. The van der Waals surface area contributed by atoms with Crippen molar-refractivity contribution in [3.8, 4) is 0 Å². The molecule has 1 heterocycles. The normalized spacial score (nSPS) is 16.2. The largest absolute Gasteiger partial charge is 0.501 e. The van der Waals surface area contributed by atoms with Gasteiger partial charge in [0.05, 0.1) is 27.2 Å². The van der Waals surface area contributed by atoms with Gasteiger partial charge in [0, 0.05) is 17.2 Å². The highest BCUT2D eigenvalue weighted by molar-refractivity contribution is 6.93. The fourth-order valence-corrected chi connectivity index (χ4v) is 5.13. The molecule has 2 nitrogen and oxygen atoms in total. The Balaban J connectivity index is 2.52. The molecule has 0 aromatic carbocycles. The van der Waals surface area contributed by atoms with Crippen LogP contribution in [0.15, 0.2) is 29.1 Å². The molecule has 0 N–H and O–H groups in total. The molecule has 0 bridgehead atoms. The van der Waals surface area contributed by atoms with E-state index in [2.05, 4.69) is 26.2 Å². The highest BCUT2D eigenvalue weighted by atomic mass is 28.3. The standard InChI is InChI=1S/C18H28O2Si/c1-6-7-12-16(19-2)18(21(3,4)5)17-15-11-9-8-10-14(15)13-20-17/h6,13H,1,7-12H2,2-5H3/b18-16+. The molecule has 2 rings (SSSR count). The summed E-state index contributed by atoms with van der Waals surface area (Å²) in [6.45, 7) is 10.9. The molecule has 1 aromatic heterocycles. The van der Waals surface area contributed by atoms with Gasteiger partial charge in [0.15, 0.2) is 0 Å². The van der Waals surface area contributed by atoms with Gasteiger partial charge in [-0.3, -0.25) is 0 Å². The molecule has 21 heavy (non-hydrogen) atoms. The summed E-state index contributed by atoms with van der Waals surface area (Å²) >= 11 is 0. The number of methoxy groups -OCH3 is 1. The van der Waals surface area contributed by atoms with Crippen LogP contribution in [0, 0.1) is 0 Å². The molecule has 0 atom stereocenters. The summed E-state index contributed by atoms with van der Waals surface area (Å²) in [5.41, 5.74) is 2.85. The maximum absolute atomic E-state index is 6.04. The van der Waals surface area contributed by atoms with Crippen molar-refractivity contribution in [2.75, 3.05) is 7.11 Å². The van der Waals surface area contributed by atoms with Gasteiger partial charge in [-0.05, 0) is 37.7 Å². The third kappa shape index (κ3) is 3.51. The summed E-state index contributed by atoms with van der Waals surface area (Å²) in [6, 6.07) is 0. The first-order chi connectivity index (χ1) is 9.99. The monoisotopic (exact) mass is 304 g/mol. The van der Waals surface area contributed by atoms with Gasteiger partial charge in [-0.1, -0.05) is 25.7 Å². The Morgan fingerprint density at radius 1 is 1.33 bits per heavy atom. The molecular weight excluding hydrogens is 276 g/mol. The van der Waals surface area contributed by atoms with E-state index in [4.69, 9.17) is 9.15 Å². The summed E-state index contributed by atoms with van der Waals surface area (Å²) < 4.78 is 11.8. The minimum Gasteiger partial charge on any atom is -0.501 e. The second-order valence-corrected chi connectivity index (χ2v) is 11.9. The number of ether oxygens (including phenoxy) is 1. The Morgan fingerprint density at radius 2 is 2.05 bits per heavy atom. The van der Waals surface area contributed by atoms with E-state index in [0.29, 0.717) is 0 Å². The van der Waals surface area contributed by atoms with Crippen LogP contribution in [0.4, 0.5) is 0 Å². The highest BCUT2D eigenvalue weighted by Gasteiger charge is 2.31. The second kappa shape index (κ2) is 6.69. The lowest BCUT2D eigenvalue weighted by Gasteiger charge is -2.24. The van der Waals surface area contributed by atoms with Gasteiger partial charge in [0.2, 0.25) is 0 Å². The van der Waals surface area contributed by atoms with Crippen LogP contribution in [0.1, 0.15) is 42.6 Å². The van der Waals surface area contributed by atoms with Crippen molar-refractivity contribution in [1.29, 1.82) is 0 Å². The Labute approximate surface area is 129 Å². The van der Waals surface area contributed by atoms with E-state index in [1.165, 1.54) is 29.2 Å². The minimum absolute atomic E-state index is 0.912. The smallest absolute Gasteiger partial charge is 0.132 e. The molecule has 0 saturated carbocycles. The molecule has 0 unspecified atom stereocenters. The zero-order valence-electron chi connectivity index (χ0n) is 13.9. The summed E-state index contributed by atoms with van der Waals surface area (Å²) in [4.78, 5) is 0. The van der Waals surface area contributed by atoms with Crippen LogP contribution in [0.25, 0.3) is 5.20 Å². The lowest BCUT2D eigenvalue weighted by atomic mass is 9.93. The van der Waals surface area contributed by atoms with Crippen LogP contribution in [0.3, 0.4) is 0 Å². The SMILES string of the molecule is C=CCC/C(OC)=C(/c1occ2c1CCCC2)[Si](C)(C)C. The average Bonchev–Trinajstić information content (AvgIpc) is 2.85. The first-order valence-corrected chi connectivity index (χ1v) is 11.5. The van der Waals surface area contributed by atoms with Gasteiger partial charge in [-0.2, -0.15) is 0 Å². The molecule has 0 aliphatic heterocycles. The maximum Gasteiger partial charge on any atom is 0.132 e. The molecule has 116 valence electrons. The number of furan rings is 1. The number of rotatable bonds is 6. The molecule has 1 aliphatic rings. The number of fused-ring (bicyclic) bond motifs is 1. The van der Waals surface area contributed by atoms with Gasteiger partial charge < -0.3 is 9.15 Å². The molecule has 0 fully saturated rings.